The smallest absolute Gasteiger partial charge is 0.195 e. The molecule has 0 saturated heterocycles. The molecule has 0 fully saturated rings. The predicted molar refractivity (Wildman–Crippen MR) is 79.1 cm³/mol. The van der Waals surface area contributed by atoms with E-state index in [2.05, 4.69) is 12.1 Å². The van der Waals surface area contributed by atoms with Gasteiger partial charge < -0.3 is 0 Å². The lowest BCUT2D eigenvalue weighted by atomic mass is 9.96. The topological polar surface area (TPSA) is 40.9 Å². The molecule has 2 aromatic carbocycles. The summed E-state index contributed by atoms with van der Waals surface area (Å²) in [5.74, 6) is -0.0536. The molecule has 2 aromatic rings. The highest BCUT2D eigenvalue weighted by atomic mass is 16.1. The van der Waals surface area contributed by atoms with E-state index in [4.69, 9.17) is 0 Å². The Morgan fingerprint density at radius 3 is 2.15 bits per heavy atom. The number of carbonyl (C=O) groups excluding carboxylic acids is 1. The predicted octanol–water partition coefficient (Wildman–Crippen LogP) is 3.93. The lowest BCUT2D eigenvalue weighted by Crippen LogP contribution is -1.99. The Labute approximate surface area is 118 Å². The summed E-state index contributed by atoms with van der Waals surface area (Å²) in [6.07, 6.45) is 0. The fourth-order valence-corrected chi connectivity index (χ4v) is 2.79. The van der Waals surface area contributed by atoms with Gasteiger partial charge in [0.2, 0.25) is 0 Å². The highest BCUT2D eigenvalue weighted by molar-refractivity contribution is 6.41. The molecule has 0 aromatic heterocycles. The van der Waals surface area contributed by atoms with Crippen LogP contribution in [0.2, 0.25) is 0 Å². The van der Waals surface area contributed by atoms with Crippen LogP contribution in [0.4, 0.5) is 0 Å². The minimum absolute atomic E-state index is 0.0536. The molecule has 96 valence electrons. The van der Waals surface area contributed by atoms with Crippen LogP contribution in [-0.2, 0) is 0 Å². The van der Waals surface area contributed by atoms with Gasteiger partial charge in [0.05, 0.1) is 5.57 Å². The first kappa shape index (κ1) is 12.4. The molecule has 1 aliphatic carbocycles. The second-order valence-electron chi connectivity index (χ2n) is 5.11. The molecule has 0 amide bonds. The molecule has 2 heteroatoms. The Balaban J connectivity index is 2.29. The molecule has 0 atom stereocenters. The van der Waals surface area contributed by atoms with Crippen LogP contribution in [0.25, 0.3) is 11.1 Å². The van der Waals surface area contributed by atoms with Crippen LogP contribution in [0.15, 0.2) is 42.5 Å². The summed E-state index contributed by atoms with van der Waals surface area (Å²) in [6, 6.07) is 15.5. The normalized spacial score (nSPS) is 13.3. The standard InChI is InChI=1S/C18H13NO/c1-11-7-12(2)9-13(8-11)17-16(10-19)14-5-3-4-6-15(14)18(17)20/h3-9H,1-2H3. The molecule has 0 heterocycles. The fraction of sp³-hybridized carbons (Fsp3) is 0.111. The van der Waals surface area contributed by atoms with Gasteiger partial charge in [0, 0.05) is 16.7 Å². The zero-order valence-corrected chi connectivity index (χ0v) is 11.4. The van der Waals surface area contributed by atoms with Crippen molar-refractivity contribution in [3.8, 4) is 6.07 Å². The number of Topliss-reactive ketones (excluding diaryl/α,β-unsaturated/α-hetero) is 1. The van der Waals surface area contributed by atoms with E-state index in [1.165, 1.54) is 0 Å². The molecule has 1 aliphatic rings. The second-order valence-corrected chi connectivity index (χ2v) is 5.11. The third kappa shape index (κ3) is 1.76. The molecule has 2 nitrogen and oxygen atoms in total. The van der Waals surface area contributed by atoms with Gasteiger partial charge in [0.1, 0.15) is 6.07 Å². The van der Waals surface area contributed by atoms with Crippen molar-refractivity contribution in [2.75, 3.05) is 0 Å². The van der Waals surface area contributed by atoms with E-state index in [0.29, 0.717) is 16.7 Å². The van der Waals surface area contributed by atoms with Crippen LogP contribution in [0.5, 0.6) is 0 Å². The number of hydrogen-bond acceptors (Lipinski definition) is 2. The van der Waals surface area contributed by atoms with E-state index in [9.17, 15) is 10.1 Å². The third-order valence-corrected chi connectivity index (χ3v) is 3.54. The molecule has 0 spiro atoms. The highest BCUT2D eigenvalue weighted by Crippen LogP contribution is 2.38. The largest absolute Gasteiger partial charge is 0.289 e. The van der Waals surface area contributed by atoms with Crippen LogP contribution in [0.1, 0.15) is 32.6 Å². The number of ketones is 1. The number of fused-ring (bicyclic) bond motifs is 1. The second kappa shape index (κ2) is 4.47. The Bertz CT molecular complexity index is 786. The zero-order chi connectivity index (χ0) is 14.3. The van der Waals surface area contributed by atoms with Crippen molar-refractivity contribution in [3.05, 3.63) is 70.3 Å². The van der Waals surface area contributed by atoms with E-state index < -0.39 is 0 Å². The summed E-state index contributed by atoms with van der Waals surface area (Å²) in [5.41, 5.74) is 5.39. The maximum Gasteiger partial charge on any atom is 0.195 e. The minimum Gasteiger partial charge on any atom is -0.289 e. The van der Waals surface area contributed by atoms with Crippen LogP contribution in [-0.4, -0.2) is 5.78 Å². The van der Waals surface area contributed by atoms with Gasteiger partial charge in [-0.25, -0.2) is 0 Å². The average Bonchev–Trinajstić information content (AvgIpc) is 2.71. The van der Waals surface area contributed by atoms with Crippen LogP contribution < -0.4 is 0 Å². The van der Waals surface area contributed by atoms with Gasteiger partial charge in [0.25, 0.3) is 0 Å². The molecule has 0 radical (unpaired) electrons. The number of benzene rings is 2. The SMILES string of the molecule is Cc1cc(C)cc(C2=C(C#N)c3ccccc3C2=O)c1. The lowest BCUT2D eigenvalue weighted by molar-refractivity contribution is 0.105. The number of nitriles is 1. The average molecular weight is 259 g/mol. The molecule has 0 N–H and O–H groups in total. The number of aryl methyl sites for hydroxylation is 2. The van der Waals surface area contributed by atoms with Crippen LogP contribution >= 0.6 is 0 Å². The van der Waals surface area contributed by atoms with Crippen molar-refractivity contribution in [1.82, 2.24) is 0 Å². The van der Waals surface area contributed by atoms with Crippen molar-refractivity contribution in [1.29, 1.82) is 5.26 Å². The van der Waals surface area contributed by atoms with Crippen molar-refractivity contribution in [2.24, 2.45) is 0 Å². The summed E-state index contributed by atoms with van der Waals surface area (Å²) in [5, 5.41) is 9.44. The van der Waals surface area contributed by atoms with Crippen molar-refractivity contribution in [3.63, 3.8) is 0 Å². The van der Waals surface area contributed by atoms with Gasteiger partial charge in [-0.05, 0) is 19.4 Å². The van der Waals surface area contributed by atoms with E-state index in [-0.39, 0.29) is 5.78 Å². The molecule has 0 unspecified atom stereocenters. The van der Waals surface area contributed by atoms with E-state index in [1.807, 2.05) is 44.2 Å². The highest BCUT2D eigenvalue weighted by Gasteiger charge is 2.30. The quantitative estimate of drug-likeness (QED) is 0.778. The molecular weight excluding hydrogens is 246 g/mol. The van der Waals surface area contributed by atoms with Crippen molar-refractivity contribution >= 4 is 16.9 Å². The maximum absolute atomic E-state index is 12.6. The maximum atomic E-state index is 12.6. The first-order chi connectivity index (χ1) is 9.61. The van der Waals surface area contributed by atoms with Gasteiger partial charge in [-0.2, -0.15) is 5.26 Å². The van der Waals surface area contributed by atoms with Crippen molar-refractivity contribution < 1.29 is 4.79 Å². The first-order valence-corrected chi connectivity index (χ1v) is 6.49. The third-order valence-electron chi connectivity index (χ3n) is 3.54. The Kier molecular flexibility index (Phi) is 2.76. The monoisotopic (exact) mass is 259 g/mol. The molecule has 0 bridgehead atoms. The van der Waals surface area contributed by atoms with E-state index in [1.54, 1.807) is 6.07 Å². The summed E-state index contributed by atoms with van der Waals surface area (Å²) in [7, 11) is 0. The molecule has 0 saturated carbocycles. The number of allylic oxidation sites excluding steroid dienone is 2. The van der Waals surface area contributed by atoms with Gasteiger partial charge in [-0.15, -0.1) is 0 Å². The number of carbonyl (C=O) groups is 1. The Morgan fingerprint density at radius 2 is 1.55 bits per heavy atom. The van der Waals surface area contributed by atoms with Crippen molar-refractivity contribution in [2.45, 2.75) is 13.8 Å². The summed E-state index contributed by atoms with van der Waals surface area (Å²) >= 11 is 0. The summed E-state index contributed by atoms with van der Waals surface area (Å²) in [6.45, 7) is 3.99. The molecule has 20 heavy (non-hydrogen) atoms. The Hall–Kier alpha value is -2.66. The minimum atomic E-state index is -0.0536. The van der Waals surface area contributed by atoms with E-state index >= 15 is 0 Å². The number of nitrogens with zero attached hydrogens (tertiary/aromatic N) is 1. The molecule has 0 aliphatic heterocycles. The number of hydrogen-bond donors (Lipinski definition) is 0. The summed E-state index contributed by atoms with van der Waals surface area (Å²) < 4.78 is 0. The first-order valence-electron chi connectivity index (χ1n) is 6.49. The van der Waals surface area contributed by atoms with Gasteiger partial charge >= 0.3 is 0 Å². The zero-order valence-electron chi connectivity index (χ0n) is 11.4. The summed E-state index contributed by atoms with van der Waals surface area (Å²) in [4.78, 5) is 12.6. The molecular formula is C18H13NO. The van der Waals surface area contributed by atoms with Gasteiger partial charge in [-0.1, -0.05) is 53.6 Å². The van der Waals surface area contributed by atoms with E-state index in [0.717, 1.165) is 22.3 Å². The lowest BCUT2D eigenvalue weighted by Gasteiger charge is -2.05. The molecule has 3 rings (SSSR count). The van der Waals surface area contributed by atoms with Gasteiger partial charge in [0.15, 0.2) is 5.78 Å². The Morgan fingerprint density at radius 1 is 0.950 bits per heavy atom. The number of rotatable bonds is 1. The fourth-order valence-electron chi connectivity index (χ4n) is 2.79. The van der Waals surface area contributed by atoms with Crippen LogP contribution in [0, 0.1) is 25.2 Å². The van der Waals surface area contributed by atoms with Crippen LogP contribution in [0.3, 0.4) is 0 Å². The van der Waals surface area contributed by atoms with Gasteiger partial charge in [-0.3, -0.25) is 4.79 Å².